The van der Waals surface area contributed by atoms with E-state index >= 15 is 0 Å². The van der Waals surface area contributed by atoms with Gasteiger partial charge in [-0.3, -0.25) is 19.3 Å². The summed E-state index contributed by atoms with van der Waals surface area (Å²) in [5.74, 6) is -1.09. The molecule has 1 aliphatic heterocycles. The van der Waals surface area contributed by atoms with Crippen molar-refractivity contribution in [3.8, 4) is 0 Å². The molecule has 1 aromatic heterocycles. The predicted octanol–water partition coefficient (Wildman–Crippen LogP) is 1.48. The number of hydrogen-bond donors (Lipinski definition) is 1. The van der Waals surface area contributed by atoms with Gasteiger partial charge in [0.15, 0.2) is 0 Å². The number of fused-ring (bicyclic) bond motifs is 1. The molecule has 0 radical (unpaired) electrons. The number of carbonyl (C=O) groups excluding carboxylic acids is 3. The highest BCUT2D eigenvalue weighted by Crippen LogP contribution is 2.23. The molecule has 1 atom stereocenters. The maximum atomic E-state index is 12.4. The van der Waals surface area contributed by atoms with Gasteiger partial charge >= 0.3 is 0 Å². The van der Waals surface area contributed by atoms with Gasteiger partial charge in [0.25, 0.3) is 11.8 Å². The van der Waals surface area contributed by atoms with E-state index in [1.165, 1.54) is 13.3 Å². The molecule has 6 heteroatoms. The standard InChI is InChI=1S/C16H16N2O4/c1-3-9-4-5-13-10(6-9)11(8-22-13)15(20)17-12-7-14(19)18(2)16(12)21/h4-6,8,12H,3,7H2,1-2H3,(H,17,20). The lowest BCUT2D eigenvalue weighted by molar-refractivity contribution is -0.137. The summed E-state index contributed by atoms with van der Waals surface area (Å²) in [6.07, 6.45) is 2.23. The molecule has 1 saturated heterocycles. The van der Waals surface area contributed by atoms with Crippen molar-refractivity contribution in [2.75, 3.05) is 7.05 Å². The molecule has 0 saturated carbocycles. The molecule has 2 aromatic rings. The molecule has 0 aliphatic carbocycles. The highest BCUT2D eigenvalue weighted by atomic mass is 16.3. The Balaban J connectivity index is 1.87. The fourth-order valence-electron chi connectivity index (χ4n) is 2.58. The minimum Gasteiger partial charge on any atom is -0.463 e. The van der Waals surface area contributed by atoms with Gasteiger partial charge in [-0.1, -0.05) is 13.0 Å². The maximum Gasteiger partial charge on any atom is 0.255 e. The number of nitrogens with one attached hydrogen (secondary N) is 1. The van der Waals surface area contributed by atoms with Crippen LogP contribution in [-0.2, 0) is 16.0 Å². The van der Waals surface area contributed by atoms with E-state index in [9.17, 15) is 14.4 Å². The second kappa shape index (κ2) is 5.29. The second-order valence-corrected chi connectivity index (χ2v) is 5.35. The predicted molar refractivity (Wildman–Crippen MR) is 79.2 cm³/mol. The Morgan fingerprint density at radius 1 is 1.41 bits per heavy atom. The molecule has 1 fully saturated rings. The largest absolute Gasteiger partial charge is 0.463 e. The number of carbonyl (C=O) groups is 3. The highest BCUT2D eigenvalue weighted by Gasteiger charge is 2.37. The van der Waals surface area contributed by atoms with Crippen molar-refractivity contribution in [2.45, 2.75) is 25.8 Å². The van der Waals surface area contributed by atoms with Crippen molar-refractivity contribution >= 4 is 28.7 Å². The molecular weight excluding hydrogens is 284 g/mol. The number of nitrogens with zero attached hydrogens (tertiary/aromatic N) is 1. The van der Waals surface area contributed by atoms with E-state index < -0.39 is 11.9 Å². The molecule has 1 aromatic carbocycles. The molecule has 6 nitrogen and oxygen atoms in total. The Bertz CT molecular complexity index is 778. The highest BCUT2D eigenvalue weighted by molar-refractivity contribution is 6.10. The number of benzene rings is 1. The van der Waals surface area contributed by atoms with Crippen LogP contribution in [0.4, 0.5) is 0 Å². The van der Waals surface area contributed by atoms with Crippen LogP contribution in [0.2, 0.25) is 0 Å². The van der Waals surface area contributed by atoms with Gasteiger partial charge in [0, 0.05) is 12.4 Å². The number of likely N-dealkylation sites (tertiary alicyclic amines) is 1. The Morgan fingerprint density at radius 3 is 2.82 bits per heavy atom. The number of amides is 3. The number of imide groups is 1. The van der Waals surface area contributed by atoms with Crippen LogP contribution >= 0.6 is 0 Å². The lowest BCUT2D eigenvalue weighted by Crippen LogP contribution is -2.40. The first-order valence-electron chi connectivity index (χ1n) is 7.12. The van der Waals surface area contributed by atoms with Crippen molar-refractivity contribution in [3.05, 3.63) is 35.6 Å². The van der Waals surface area contributed by atoms with Crippen LogP contribution in [0.15, 0.2) is 28.9 Å². The number of hydrogen-bond acceptors (Lipinski definition) is 4. The minimum absolute atomic E-state index is 0.00291. The fraction of sp³-hybridized carbons (Fsp3) is 0.312. The van der Waals surface area contributed by atoms with Gasteiger partial charge in [0.1, 0.15) is 17.9 Å². The lowest BCUT2D eigenvalue weighted by atomic mass is 10.1. The summed E-state index contributed by atoms with van der Waals surface area (Å²) in [7, 11) is 1.41. The Hall–Kier alpha value is -2.63. The van der Waals surface area contributed by atoms with Crippen molar-refractivity contribution < 1.29 is 18.8 Å². The topological polar surface area (TPSA) is 79.6 Å². The van der Waals surface area contributed by atoms with Crippen LogP contribution in [0.1, 0.15) is 29.3 Å². The van der Waals surface area contributed by atoms with E-state index in [2.05, 4.69) is 5.32 Å². The Morgan fingerprint density at radius 2 is 2.18 bits per heavy atom. The third-order valence-corrected chi connectivity index (χ3v) is 3.98. The Labute approximate surface area is 127 Å². The van der Waals surface area contributed by atoms with Crippen LogP contribution in [0.3, 0.4) is 0 Å². The lowest BCUT2D eigenvalue weighted by Gasteiger charge is -2.10. The average molecular weight is 300 g/mol. The summed E-state index contributed by atoms with van der Waals surface area (Å²) < 4.78 is 5.38. The van der Waals surface area contributed by atoms with E-state index in [1.54, 1.807) is 0 Å². The van der Waals surface area contributed by atoms with E-state index in [-0.39, 0.29) is 18.2 Å². The number of furan rings is 1. The third kappa shape index (κ3) is 2.26. The monoisotopic (exact) mass is 300 g/mol. The molecule has 114 valence electrons. The van der Waals surface area contributed by atoms with Crippen molar-refractivity contribution in [1.82, 2.24) is 10.2 Å². The van der Waals surface area contributed by atoms with Gasteiger partial charge < -0.3 is 9.73 Å². The molecule has 1 N–H and O–H groups in total. The van der Waals surface area contributed by atoms with Gasteiger partial charge in [-0.05, 0) is 24.1 Å². The van der Waals surface area contributed by atoms with Crippen molar-refractivity contribution in [3.63, 3.8) is 0 Å². The number of aryl methyl sites for hydroxylation is 1. The fourth-order valence-corrected chi connectivity index (χ4v) is 2.58. The van der Waals surface area contributed by atoms with E-state index in [0.29, 0.717) is 16.5 Å². The van der Waals surface area contributed by atoms with Crippen LogP contribution in [0.25, 0.3) is 11.0 Å². The van der Waals surface area contributed by atoms with Gasteiger partial charge in [-0.2, -0.15) is 0 Å². The van der Waals surface area contributed by atoms with E-state index in [4.69, 9.17) is 4.42 Å². The van der Waals surface area contributed by atoms with E-state index in [0.717, 1.165) is 16.9 Å². The molecule has 22 heavy (non-hydrogen) atoms. The first kappa shape index (κ1) is 14.3. The van der Waals surface area contributed by atoms with Gasteiger partial charge in [-0.25, -0.2) is 0 Å². The minimum atomic E-state index is -0.802. The zero-order valence-electron chi connectivity index (χ0n) is 12.4. The number of likely N-dealkylation sites (N-methyl/N-ethyl adjacent to an activating group) is 1. The molecule has 0 spiro atoms. The zero-order valence-corrected chi connectivity index (χ0v) is 12.4. The first-order valence-corrected chi connectivity index (χ1v) is 7.12. The third-order valence-electron chi connectivity index (χ3n) is 3.98. The van der Waals surface area contributed by atoms with Gasteiger partial charge in [-0.15, -0.1) is 0 Å². The molecule has 3 amide bonds. The molecule has 2 heterocycles. The van der Waals surface area contributed by atoms with Gasteiger partial charge in [0.05, 0.1) is 12.0 Å². The van der Waals surface area contributed by atoms with Gasteiger partial charge in [0.2, 0.25) is 5.91 Å². The van der Waals surface area contributed by atoms with Crippen molar-refractivity contribution in [2.24, 2.45) is 0 Å². The summed E-state index contributed by atoms with van der Waals surface area (Å²) in [6, 6.07) is 4.87. The summed E-state index contributed by atoms with van der Waals surface area (Å²) >= 11 is 0. The van der Waals surface area contributed by atoms with Crippen LogP contribution < -0.4 is 5.32 Å². The summed E-state index contributed by atoms with van der Waals surface area (Å²) in [5, 5.41) is 3.32. The molecule has 0 bridgehead atoms. The van der Waals surface area contributed by atoms with Crippen LogP contribution in [0.5, 0.6) is 0 Å². The SMILES string of the molecule is CCc1ccc2occ(C(=O)NC3CC(=O)N(C)C3=O)c2c1. The normalized spacial score (nSPS) is 18.3. The number of rotatable bonds is 3. The first-order chi connectivity index (χ1) is 10.5. The van der Waals surface area contributed by atoms with Crippen LogP contribution in [0, 0.1) is 0 Å². The quantitative estimate of drug-likeness (QED) is 0.871. The maximum absolute atomic E-state index is 12.4. The molecule has 1 aliphatic rings. The van der Waals surface area contributed by atoms with E-state index in [1.807, 2.05) is 25.1 Å². The van der Waals surface area contributed by atoms with Crippen LogP contribution in [-0.4, -0.2) is 35.7 Å². The smallest absolute Gasteiger partial charge is 0.255 e. The second-order valence-electron chi connectivity index (χ2n) is 5.35. The zero-order chi connectivity index (χ0) is 15.9. The molecular formula is C16H16N2O4. The molecule has 3 rings (SSSR count). The molecule has 1 unspecified atom stereocenters. The average Bonchev–Trinajstić information content (AvgIpc) is 3.04. The summed E-state index contributed by atoms with van der Waals surface area (Å²) in [4.78, 5) is 36.8. The summed E-state index contributed by atoms with van der Waals surface area (Å²) in [6.45, 7) is 2.03. The Kier molecular flexibility index (Phi) is 3.44. The summed E-state index contributed by atoms with van der Waals surface area (Å²) in [5.41, 5.74) is 2.09. The van der Waals surface area contributed by atoms with Crippen molar-refractivity contribution in [1.29, 1.82) is 0 Å².